The summed E-state index contributed by atoms with van der Waals surface area (Å²) in [5.74, 6) is -1.82. The molecule has 0 spiro atoms. The lowest BCUT2D eigenvalue weighted by atomic mass is 9.77. The summed E-state index contributed by atoms with van der Waals surface area (Å²) in [5.41, 5.74) is -0.688. The van der Waals surface area contributed by atoms with E-state index in [1.807, 2.05) is 20.8 Å². The van der Waals surface area contributed by atoms with Crippen molar-refractivity contribution in [3.63, 3.8) is 0 Å². The molecule has 2 fully saturated rings. The lowest BCUT2D eigenvalue weighted by molar-refractivity contribution is -0.151. The van der Waals surface area contributed by atoms with Crippen molar-refractivity contribution >= 4 is 17.8 Å². The molecule has 1 heterocycles. The number of hydrogen-bond acceptors (Lipinski definition) is 3. The van der Waals surface area contributed by atoms with Gasteiger partial charge in [-0.15, -0.1) is 0 Å². The van der Waals surface area contributed by atoms with Crippen molar-refractivity contribution in [2.45, 2.75) is 65.3 Å². The first-order chi connectivity index (χ1) is 9.79. The Kier molecular flexibility index (Phi) is 4.40. The molecule has 2 rings (SSSR count). The van der Waals surface area contributed by atoms with Gasteiger partial charge in [0.15, 0.2) is 0 Å². The predicted molar refractivity (Wildman–Crippen MR) is 77.4 cm³/mol. The van der Waals surface area contributed by atoms with Crippen molar-refractivity contribution in [1.82, 2.24) is 4.90 Å². The van der Waals surface area contributed by atoms with Crippen LogP contribution in [0.3, 0.4) is 0 Å². The minimum Gasteiger partial charge on any atom is -0.481 e. The SMILES string of the molecule is CC(C)C1(C)CC(=O)N(C2CCCCCC2C(=O)O)C1=O. The second-order valence-electron chi connectivity index (χ2n) is 6.97. The molecule has 1 aliphatic carbocycles. The lowest BCUT2D eigenvalue weighted by Crippen LogP contribution is -2.48. The van der Waals surface area contributed by atoms with E-state index in [2.05, 4.69) is 0 Å². The van der Waals surface area contributed by atoms with Crippen LogP contribution in [0.4, 0.5) is 0 Å². The average Bonchev–Trinajstić information content (AvgIpc) is 2.59. The monoisotopic (exact) mass is 295 g/mol. The van der Waals surface area contributed by atoms with Gasteiger partial charge in [-0.3, -0.25) is 19.3 Å². The Morgan fingerprint density at radius 2 is 1.86 bits per heavy atom. The number of hydrogen-bond donors (Lipinski definition) is 1. The summed E-state index contributed by atoms with van der Waals surface area (Å²) in [6.45, 7) is 5.71. The Bertz CT molecular complexity index is 459. The van der Waals surface area contributed by atoms with Gasteiger partial charge >= 0.3 is 5.97 Å². The standard InChI is InChI=1S/C16H25NO4/c1-10(2)16(3)9-13(18)17(15(16)21)12-8-6-4-5-7-11(12)14(19)20/h10-12H,4-9H2,1-3H3,(H,19,20). The van der Waals surface area contributed by atoms with Crippen LogP contribution < -0.4 is 0 Å². The summed E-state index contributed by atoms with van der Waals surface area (Å²) in [4.78, 5) is 38.0. The molecular formula is C16H25NO4. The molecule has 0 bridgehead atoms. The molecule has 1 saturated heterocycles. The van der Waals surface area contributed by atoms with Crippen molar-refractivity contribution in [3.05, 3.63) is 0 Å². The highest BCUT2D eigenvalue weighted by molar-refractivity contribution is 6.06. The molecule has 0 aromatic carbocycles. The smallest absolute Gasteiger partial charge is 0.308 e. The predicted octanol–water partition coefficient (Wildman–Crippen LogP) is 2.44. The molecular weight excluding hydrogens is 270 g/mol. The summed E-state index contributed by atoms with van der Waals surface area (Å²) in [6, 6.07) is -0.467. The first-order valence-electron chi connectivity index (χ1n) is 7.88. The number of aliphatic carboxylic acids is 1. The zero-order chi connectivity index (χ0) is 15.8. The summed E-state index contributed by atoms with van der Waals surface area (Å²) in [6.07, 6.45) is 4.07. The third-order valence-electron chi connectivity index (χ3n) is 5.40. The van der Waals surface area contributed by atoms with E-state index in [4.69, 9.17) is 0 Å². The second kappa shape index (κ2) is 5.78. The molecule has 21 heavy (non-hydrogen) atoms. The highest BCUT2D eigenvalue weighted by Crippen LogP contribution is 2.42. The van der Waals surface area contributed by atoms with E-state index in [0.29, 0.717) is 12.8 Å². The van der Waals surface area contributed by atoms with E-state index in [-0.39, 0.29) is 24.2 Å². The van der Waals surface area contributed by atoms with Crippen LogP contribution in [0.5, 0.6) is 0 Å². The topological polar surface area (TPSA) is 74.7 Å². The van der Waals surface area contributed by atoms with Crippen LogP contribution >= 0.6 is 0 Å². The number of rotatable bonds is 3. The normalized spacial score (nSPS) is 34.4. The third kappa shape index (κ3) is 2.70. The van der Waals surface area contributed by atoms with Crippen molar-refractivity contribution in [3.8, 4) is 0 Å². The maximum atomic E-state index is 12.8. The molecule has 118 valence electrons. The number of amides is 2. The quantitative estimate of drug-likeness (QED) is 0.641. The molecule has 2 amide bonds. The Morgan fingerprint density at radius 3 is 2.38 bits per heavy atom. The van der Waals surface area contributed by atoms with Crippen LogP contribution in [-0.4, -0.2) is 33.8 Å². The van der Waals surface area contributed by atoms with Gasteiger partial charge in [0.05, 0.1) is 17.4 Å². The second-order valence-corrected chi connectivity index (χ2v) is 6.97. The van der Waals surface area contributed by atoms with Gasteiger partial charge in [-0.05, 0) is 25.7 Å². The Morgan fingerprint density at radius 1 is 1.24 bits per heavy atom. The van der Waals surface area contributed by atoms with Gasteiger partial charge in [0, 0.05) is 6.42 Å². The molecule has 2 aliphatic rings. The first kappa shape index (κ1) is 16.0. The Hall–Kier alpha value is -1.39. The van der Waals surface area contributed by atoms with Gasteiger partial charge in [0.2, 0.25) is 11.8 Å². The summed E-state index contributed by atoms with van der Waals surface area (Å²) in [7, 11) is 0. The van der Waals surface area contributed by atoms with Gasteiger partial charge in [0.25, 0.3) is 0 Å². The van der Waals surface area contributed by atoms with E-state index in [1.54, 1.807) is 0 Å². The number of likely N-dealkylation sites (tertiary alicyclic amines) is 1. The average molecular weight is 295 g/mol. The highest BCUT2D eigenvalue weighted by Gasteiger charge is 2.53. The number of imide groups is 1. The van der Waals surface area contributed by atoms with Gasteiger partial charge in [-0.2, -0.15) is 0 Å². The molecule has 5 nitrogen and oxygen atoms in total. The van der Waals surface area contributed by atoms with Crippen LogP contribution in [0.25, 0.3) is 0 Å². The van der Waals surface area contributed by atoms with Crippen molar-refractivity contribution in [2.24, 2.45) is 17.3 Å². The molecule has 0 aromatic heterocycles. The van der Waals surface area contributed by atoms with Crippen LogP contribution in [0.1, 0.15) is 59.3 Å². The van der Waals surface area contributed by atoms with Crippen LogP contribution in [0.2, 0.25) is 0 Å². The molecule has 1 N–H and O–H groups in total. The molecule has 0 radical (unpaired) electrons. The van der Waals surface area contributed by atoms with E-state index in [0.717, 1.165) is 19.3 Å². The molecule has 3 unspecified atom stereocenters. The lowest BCUT2D eigenvalue weighted by Gasteiger charge is -2.32. The molecule has 1 aliphatic heterocycles. The summed E-state index contributed by atoms with van der Waals surface area (Å²) >= 11 is 0. The minimum absolute atomic E-state index is 0.0630. The fourth-order valence-electron chi connectivity index (χ4n) is 3.54. The largest absolute Gasteiger partial charge is 0.481 e. The number of carboxylic acids is 1. The number of carbonyl (C=O) groups excluding carboxylic acids is 2. The zero-order valence-corrected chi connectivity index (χ0v) is 13.1. The van der Waals surface area contributed by atoms with Crippen molar-refractivity contribution in [1.29, 1.82) is 0 Å². The van der Waals surface area contributed by atoms with E-state index in [9.17, 15) is 19.5 Å². The van der Waals surface area contributed by atoms with E-state index < -0.39 is 23.3 Å². The highest BCUT2D eigenvalue weighted by atomic mass is 16.4. The van der Waals surface area contributed by atoms with Crippen molar-refractivity contribution in [2.75, 3.05) is 0 Å². The number of carbonyl (C=O) groups is 3. The Labute approximate surface area is 125 Å². The van der Waals surface area contributed by atoms with Gasteiger partial charge in [0.1, 0.15) is 0 Å². The first-order valence-corrected chi connectivity index (χ1v) is 7.88. The van der Waals surface area contributed by atoms with E-state index >= 15 is 0 Å². The number of nitrogens with zero attached hydrogens (tertiary/aromatic N) is 1. The summed E-state index contributed by atoms with van der Waals surface area (Å²) in [5, 5.41) is 9.46. The Balaban J connectivity index is 2.32. The molecule has 0 aromatic rings. The molecule has 3 atom stereocenters. The summed E-state index contributed by atoms with van der Waals surface area (Å²) < 4.78 is 0. The van der Waals surface area contributed by atoms with Gasteiger partial charge in [-0.1, -0.05) is 33.1 Å². The fourth-order valence-corrected chi connectivity index (χ4v) is 3.54. The van der Waals surface area contributed by atoms with Crippen LogP contribution in [0.15, 0.2) is 0 Å². The maximum absolute atomic E-state index is 12.8. The molecule has 5 heteroatoms. The third-order valence-corrected chi connectivity index (χ3v) is 5.40. The van der Waals surface area contributed by atoms with Gasteiger partial charge in [-0.25, -0.2) is 0 Å². The van der Waals surface area contributed by atoms with Crippen LogP contribution in [-0.2, 0) is 14.4 Å². The maximum Gasteiger partial charge on any atom is 0.308 e. The van der Waals surface area contributed by atoms with Crippen LogP contribution in [0, 0.1) is 17.3 Å². The zero-order valence-electron chi connectivity index (χ0n) is 13.1. The van der Waals surface area contributed by atoms with Gasteiger partial charge < -0.3 is 5.11 Å². The van der Waals surface area contributed by atoms with Crippen molar-refractivity contribution < 1.29 is 19.5 Å². The minimum atomic E-state index is -0.888. The fraction of sp³-hybridized carbons (Fsp3) is 0.812. The number of carboxylic acid groups (broad SMARTS) is 1. The molecule has 1 saturated carbocycles. The van der Waals surface area contributed by atoms with E-state index in [1.165, 1.54) is 4.90 Å².